The Morgan fingerprint density at radius 1 is 1.18 bits per heavy atom. The van der Waals surface area contributed by atoms with Gasteiger partial charge in [0.15, 0.2) is 5.16 Å². The van der Waals surface area contributed by atoms with E-state index in [1.165, 1.54) is 17.3 Å². The van der Waals surface area contributed by atoms with E-state index in [1.54, 1.807) is 10.6 Å². The van der Waals surface area contributed by atoms with Crippen molar-refractivity contribution < 1.29 is 4.79 Å². The molecule has 1 amide bonds. The summed E-state index contributed by atoms with van der Waals surface area (Å²) < 4.78 is 1.71. The molecule has 3 rings (SSSR count). The Morgan fingerprint density at radius 2 is 1.96 bits per heavy atom. The summed E-state index contributed by atoms with van der Waals surface area (Å²) in [4.78, 5) is 30.1. The van der Waals surface area contributed by atoms with Crippen molar-refractivity contribution in [1.29, 1.82) is 0 Å². The zero-order chi connectivity index (χ0) is 20.1. The second-order valence-electron chi connectivity index (χ2n) is 6.73. The summed E-state index contributed by atoms with van der Waals surface area (Å²) in [5, 5.41) is 4.11. The molecule has 146 valence electrons. The van der Waals surface area contributed by atoms with Crippen LogP contribution in [0.15, 0.2) is 58.5 Å². The fourth-order valence-electron chi connectivity index (χ4n) is 2.99. The first kappa shape index (κ1) is 20.1. The fourth-order valence-corrected chi connectivity index (χ4v) is 3.89. The summed E-state index contributed by atoms with van der Waals surface area (Å²) in [6.07, 6.45) is 1.73. The number of benzene rings is 2. The third-order valence-corrected chi connectivity index (χ3v) is 5.71. The number of para-hydroxylation sites is 1. The van der Waals surface area contributed by atoms with Crippen molar-refractivity contribution in [3.63, 3.8) is 0 Å². The Balaban J connectivity index is 1.83. The normalized spacial score (nSPS) is 12.1. The van der Waals surface area contributed by atoms with Crippen molar-refractivity contribution in [2.45, 2.75) is 44.8 Å². The van der Waals surface area contributed by atoms with Crippen molar-refractivity contribution in [3.8, 4) is 0 Å². The zero-order valence-electron chi connectivity index (χ0n) is 16.4. The second kappa shape index (κ2) is 9.06. The fraction of sp³-hybridized carbons (Fsp3) is 0.318. The van der Waals surface area contributed by atoms with Crippen LogP contribution in [0, 0.1) is 0 Å². The Bertz CT molecular complexity index is 1050. The molecule has 28 heavy (non-hydrogen) atoms. The maximum Gasteiger partial charge on any atom is 0.262 e. The van der Waals surface area contributed by atoms with Crippen LogP contribution in [-0.4, -0.2) is 21.2 Å². The molecule has 1 atom stereocenters. The molecule has 0 unspecified atom stereocenters. The lowest BCUT2D eigenvalue weighted by molar-refractivity contribution is -0.113. The lowest BCUT2D eigenvalue weighted by Gasteiger charge is -2.18. The number of amides is 1. The van der Waals surface area contributed by atoms with E-state index in [9.17, 15) is 9.59 Å². The third-order valence-electron chi connectivity index (χ3n) is 4.76. The third kappa shape index (κ3) is 4.44. The van der Waals surface area contributed by atoms with E-state index in [1.807, 2.05) is 56.3 Å². The maximum atomic E-state index is 13.0. The molecule has 0 spiro atoms. The number of rotatable bonds is 7. The van der Waals surface area contributed by atoms with Crippen LogP contribution in [0.25, 0.3) is 10.9 Å². The van der Waals surface area contributed by atoms with Crippen LogP contribution in [0.5, 0.6) is 0 Å². The number of nitrogens with one attached hydrogen (secondary N) is 1. The number of thioether (sulfide) groups is 1. The molecule has 0 aliphatic heterocycles. The molecule has 0 aliphatic carbocycles. The molecule has 0 radical (unpaired) electrons. The molecule has 0 saturated heterocycles. The molecule has 1 N–H and O–H groups in total. The Morgan fingerprint density at radius 3 is 2.71 bits per heavy atom. The molecule has 5 nitrogen and oxygen atoms in total. The first-order valence-corrected chi connectivity index (χ1v) is 10.5. The number of nitrogens with zero attached hydrogens (tertiary/aromatic N) is 2. The van der Waals surface area contributed by atoms with E-state index in [4.69, 9.17) is 0 Å². The molecular formula is C22H25N3O2S. The molecule has 0 aliphatic rings. The summed E-state index contributed by atoms with van der Waals surface area (Å²) in [6, 6.07) is 15.2. The van der Waals surface area contributed by atoms with Crippen molar-refractivity contribution in [2.75, 3.05) is 11.1 Å². The molecule has 2 aromatic carbocycles. The first-order valence-electron chi connectivity index (χ1n) is 9.56. The summed E-state index contributed by atoms with van der Waals surface area (Å²) in [5.74, 6) is 0.0776. The number of anilines is 1. The Hall–Kier alpha value is -2.60. The lowest BCUT2D eigenvalue weighted by Crippen LogP contribution is -2.26. The average Bonchev–Trinajstić information content (AvgIpc) is 2.72. The summed E-state index contributed by atoms with van der Waals surface area (Å²) >= 11 is 1.30. The summed E-state index contributed by atoms with van der Waals surface area (Å²) in [7, 11) is 0. The highest BCUT2D eigenvalue weighted by Gasteiger charge is 2.16. The molecule has 0 fully saturated rings. The zero-order valence-corrected chi connectivity index (χ0v) is 17.3. The van der Waals surface area contributed by atoms with E-state index in [-0.39, 0.29) is 23.3 Å². The minimum Gasteiger partial charge on any atom is -0.325 e. The van der Waals surface area contributed by atoms with Crippen molar-refractivity contribution in [1.82, 2.24) is 9.55 Å². The summed E-state index contributed by atoms with van der Waals surface area (Å²) in [5.41, 5.74) is 2.56. The molecule has 6 heteroatoms. The van der Waals surface area contributed by atoms with Gasteiger partial charge < -0.3 is 5.32 Å². The van der Waals surface area contributed by atoms with Crippen LogP contribution in [-0.2, 0) is 11.2 Å². The highest BCUT2D eigenvalue weighted by molar-refractivity contribution is 7.99. The standard InChI is InChI=1S/C22H25N3O2S/c1-4-15(3)25-21(27)18-11-6-7-12-19(18)24-22(25)28-14-20(26)23-17-10-8-9-16(5-2)13-17/h6-13,15H,4-5,14H2,1-3H3,(H,23,26)/t15-/m1/s1. The van der Waals surface area contributed by atoms with Crippen molar-refractivity contribution in [2.24, 2.45) is 0 Å². The number of carbonyl (C=O) groups excluding carboxylic acids is 1. The van der Waals surface area contributed by atoms with E-state index in [0.717, 1.165) is 18.5 Å². The molecule has 3 aromatic rings. The molecular weight excluding hydrogens is 370 g/mol. The van der Waals surface area contributed by atoms with Gasteiger partial charge in [0.05, 0.1) is 16.7 Å². The van der Waals surface area contributed by atoms with Gasteiger partial charge in [0, 0.05) is 11.7 Å². The minimum absolute atomic E-state index is 0.0106. The van der Waals surface area contributed by atoms with Gasteiger partial charge in [-0.2, -0.15) is 0 Å². The van der Waals surface area contributed by atoms with Gasteiger partial charge in [-0.15, -0.1) is 0 Å². The van der Waals surface area contributed by atoms with Gasteiger partial charge in [0.1, 0.15) is 0 Å². The van der Waals surface area contributed by atoms with Gasteiger partial charge in [-0.05, 0) is 49.6 Å². The number of hydrogen-bond donors (Lipinski definition) is 1. The van der Waals surface area contributed by atoms with Crippen LogP contribution >= 0.6 is 11.8 Å². The van der Waals surface area contributed by atoms with E-state index in [0.29, 0.717) is 16.1 Å². The molecule has 1 aromatic heterocycles. The number of hydrogen-bond acceptors (Lipinski definition) is 4. The number of aryl methyl sites for hydroxylation is 1. The smallest absolute Gasteiger partial charge is 0.262 e. The van der Waals surface area contributed by atoms with E-state index >= 15 is 0 Å². The minimum atomic E-state index is -0.114. The van der Waals surface area contributed by atoms with E-state index < -0.39 is 0 Å². The largest absolute Gasteiger partial charge is 0.325 e. The highest BCUT2D eigenvalue weighted by atomic mass is 32.2. The summed E-state index contributed by atoms with van der Waals surface area (Å²) in [6.45, 7) is 6.11. The van der Waals surface area contributed by atoms with Gasteiger partial charge in [-0.3, -0.25) is 14.2 Å². The highest BCUT2D eigenvalue weighted by Crippen LogP contribution is 2.22. The van der Waals surface area contributed by atoms with Crippen LogP contribution in [0.3, 0.4) is 0 Å². The molecule has 0 bridgehead atoms. The SMILES string of the molecule is CCc1cccc(NC(=O)CSc2nc3ccccc3c(=O)n2[C@H](C)CC)c1. The quantitative estimate of drug-likeness (QED) is 0.467. The van der Waals surface area contributed by atoms with Gasteiger partial charge in [0.25, 0.3) is 5.56 Å². The monoisotopic (exact) mass is 395 g/mol. The van der Waals surface area contributed by atoms with Crippen LogP contribution in [0.2, 0.25) is 0 Å². The Kier molecular flexibility index (Phi) is 6.52. The van der Waals surface area contributed by atoms with Gasteiger partial charge in [-0.25, -0.2) is 4.98 Å². The topological polar surface area (TPSA) is 64.0 Å². The average molecular weight is 396 g/mol. The molecule has 0 saturated carbocycles. The van der Waals surface area contributed by atoms with Gasteiger partial charge in [0.2, 0.25) is 5.91 Å². The van der Waals surface area contributed by atoms with Crippen LogP contribution in [0.1, 0.15) is 38.8 Å². The Labute approximate surface area is 169 Å². The van der Waals surface area contributed by atoms with E-state index in [2.05, 4.69) is 17.2 Å². The van der Waals surface area contributed by atoms with Crippen LogP contribution in [0.4, 0.5) is 5.69 Å². The van der Waals surface area contributed by atoms with Crippen molar-refractivity contribution in [3.05, 3.63) is 64.4 Å². The van der Waals surface area contributed by atoms with Gasteiger partial charge >= 0.3 is 0 Å². The predicted octanol–water partition coefficient (Wildman–Crippen LogP) is 4.66. The number of fused-ring (bicyclic) bond motifs is 1. The van der Waals surface area contributed by atoms with Crippen LogP contribution < -0.4 is 10.9 Å². The maximum absolute atomic E-state index is 13.0. The molecule has 1 heterocycles. The number of aromatic nitrogens is 2. The lowest BCUT2D eigenvalue weighted by atomic mass is 10.1. The van der Waals surface area contributed by atoms with Gasteiger partial charge in [-0.1, -0.05) is 49.9 Å². The second-order valence-corrected chi connectivity index (χ2v) is 7.68. The number of carbonyl (C=O) groups is 1. The predicted molar refractivity (Wildman–Crippen MR) is 116 cm³/mol. The van der Waals surface area contributed by atoms with Crippen molar-refractivity contribution >= 4 is 34.3 Å². The first-order chi connectivity index (χ1) is 13.5.